The van der Waals surface area contributed by atoms with Crippen LogP contribution in [-0.2, 0) is 13.0 Å². The van der Waals surface area contributed by atoms with Gasteiger partial charge in [-0.2, -0.15) is 0 Å². The van der Waals surface area contributed by atoms with Crippen molar-refractivity contribution < 1.29 is 4.79 Å². The van der Waals surface area contributed by atoms with Crippen molar-refractivity contribution in [3.8, 4) is 0 Å². The molecule has 1 saturated heterocycles. The number of aromatic nitrogens is 1. The normalized spacial score (nSPS) is 20.4. The molecule has 0 unspecified atom stereocenters. The summed E-state index contributed by atoms with van der Waals surface area (Å²) in [5, 5.41) is 6.07. The Hall–Kier alpha value is -2.40. The number of carbonyl (C=O) groups is 1. The van der Waals surface area contributed by atoms with E-state index in [0.717, 1.165) is 31.6 Å². The SMILES string of the molecule is C[C@@H]1CN(Cc2ccccc2)C[C@H]1NC(=O)NCCc1cccnc1. The van der Waals surface area contributed by atoms with E-state index in [-0.39, 0.29) is 12.1 Å². The standard InChI is InChI=1S/C20H26N4O/c1-16-13-24(14-18-6-3-2-4-7-18)15-19(16)23-20(25)22-11-9-17-8-5-10-21-12-17/h2-8,10,12,16,19H,9,11,13-15H2,1H3,(H2,22,23,25)/t16-,19-/m1/s1. The van der Waals surface area contributed by atoms with Crippen molar-refractivity contribution >= 4 is 6.03 Å². The Morgan fingerprint density at radius 1 is 1.16 bits per heavy atom. The predicted molar refractivity (Wildman–Crippen MR) is 99.1 cm³/mol. The van der Waals surface area contributed by atoms with Crippen LogP contribution in [0.2, 0.25) is 0 Å². The minimum atomic E-state index is -0.0812. The first-order valence-electron chi connectivity index (χ1n) is 8.90. The van der Waals surface area contributed by atoms with Crippen molar-refractivity contribution in [1.82, 2.24) is 20.5 Å². The number of likely N-dealkylation sites (tertiary alicyclic amines) is 1. The third-order valence-electron chi connectivity index (χ3n) is 4.68. The molecule has 0 radical (unpaired) electrons. The van der Waals surface area contributed by atoms with Crippen molar-refractivity contribution in [2.45, 2.75) is 25.9 Å². The van der Waals surface area contributed by atoms with Crippen LogP contribution in [0.25, 0.3) is 0 Å². The first-order chi connectivity index (χ1) is 12.2. The number of hydrogen-bond acceptors (Lipinski definition) is 3. The number of benzene rings is 1. The molecular weight excluding hydrogens is 312 g/mol. The third kappa shape index (κ3) is 5.29. The highest BCUT2D eigenvalue weighted by atomic mass is 16.2. The van der Waals surface area contributed by atoms with E-state index in [9.17, 15) is 4.79 Å². The fourth-order valence-electron chi connectivity index (χ4n) is 3.31. The molecule has 2 N–H and O–H groups in total. The molecule has 25 heavy (non-hydrogen) atoms. The number of rotatable bonds is 6. The highest BCUT2D eigenvalue weighted by Crippen LogP contribution is 2.18. The van der Waals surface area contributed by atoms with Gasteiger partial charge in [0.25, 0.3) is 0 Å². The van der Waals surface area contributed by atoms with Crippen molar-refractivity contribution in [2.24, 2.45) is 5.92 Å². The summed E-state index contributed by atoms with van der Waals surface area (Å²) in [4.78, 5) is 18.6. The largest absolute Gasteiger partial charge is 0.338 e. The summed E-state index contributed by atoms with van der Waals surface area (Å²) in [5.74, 6) is 0.452. The molecule has 2 heterocycles. The highest BCUT2D eigenvalue weighted by Gasteiger charge is 2.30. The van der Waals surface area contributed by atoms with Crippen LogP contribution in [-0.4, -0.2) is 41.6 Å². The highest BCUT2D eigenvalue weighted by molar-refractivity contribution is 5.74. The molecule has 2 aromatic rings. The summed E-state index contributed by atoms with van der Waals surface area (Å²) >= 11 is 0. The second kappa shape index (κ2) is 8.62. The zero-order valence-electron chi connectivity index (χ0n) is 14.7. The van der Waals surface area contributed by atoms with Gasteiger partial charge < -0.3 is 10.6 Å². The summed E-state index contributed by atoms with van der Waals surface area (Å²) in [6, 6.07) is 14.5. The zero-order chi connectivity index (χ0) is 17.5. The van der Waals surface area contributed by atoms with Gasteiger partial charge in [-0.3, -0.25) is 9.88 Å². The van der Waals surface area contributed by atoms with Crippen molar-refractivity contribution in [3.05, 3.63) is 66.0 Å². The Bertz CT molecular complexity index is 662. The Morgan fingerprint density at radius 3 is 2.72 bits per heavy atom. The second-order valence-electron chi connectivity index (χ2n) is 6.77. The van der Waals surface area contributed by atoms with E-state index in [1.165, 1.54) is 5.56 Å². The molecule has 132 valence electrons. The first-order valence-corrected chi connectivity index (χ1v) is 8.90. The lowest BCUT2D eigenvalue weighted by molar-refractivity contribution is 0.234. The number of pyridine rings is 1. The summed E-state index contributed by atoms with van der Waals surface area (Å²) in [5.41, 5.74) is 2.45. The molecule has 2 amide bonds. The van der Waals surface area contributed by atoms with Gasteiger partial charge >= 0.3 is 6.03 Å². The lowest BCUT2D eigenvalue weighted by atomic mass is 10.1. The number of carbonyl (C=O) groups excluding carboxylic acids is 1. The van der Waals surface area contributed by atoms with Gasteiger partial charge in [-0.25, -0.2) is 4.79 Å². The van der Waals surface area contributed by atoms with Gasteiger partial charge in [-0.1, -0.05) is 43.3 Å². The minimum Gasteiger partial charge on any atom is -0.338 e. The smallest absolute Gasteiger partial charge is 0.315 e. The van der Waals surface area contributed by atoms with Crippen molar-refractivity contribution in [1.29, 1.82) is 0 Å². The van der Waals surface area contributed by atoms with Crippen LogP contribution in [0.15, 0.2) is 54.9 Å². The van der Waals surface area contributed by atoms with Crippen molar-refractivity contribution in [3.63, 3.8) is 0 Å². The lowest BCUT2D eigenvalue weighted by Gasteiger charge is -2.18. The van der Waals surface area contributed by atoms with E-state index in [0.29, 0.717) is 12.5 Å². The average Bonchev–Trinajstić information content (AvgIpc) is 2.96. The number of nitrogens with one attached hydrogen (secondary N) is 2. The van der Waals surface area contributed by atoms with Crippen LogP contribution in [0.3, 0.4) is 0 Å². The second-order valence-corrected chi connectivity index (χ2v) is 6.77. The fraction of sp³-hybridized carbons (Fsp3) is 0.400. The van der Waals surface area contributed by atoms with Crippen molar-refractivity contribution in [2.75, 3.05) is 19.6 Å². The number of amides is 2. The Morgan fingerprint density at radius 2 is 1.96 bits per heavy atom. The fourth-order valence-corrected chi connectivity index (χ4v) is 3.31. The molecule has 0 spiro atoms. The van der Waals surface area contributed by atoms with E-state index >= 15 is 0 Å². The molecule has 2 atom stereocenters. The minimum absolute atomic E-state index is 0.0812. The summed E-state index contributed by atoms with van der Waals surface area (Å²) in [6.45, 7) is 5.66. The summed E-state index contributed by atoms with van der Waals surface area (Å²) in [6.07, 6.45) is 4.38. The molecule has 0 aliphatic carbocycles. The Kier molecular flexibility index (Phi) is 6.01. The third-order valence-corrected chi connectivity index (χ3v) is 4.68. The van der Waals surface area contributed by atoms with E-state index in [1.807, 2.05) is 24.4 Å². The number of nitrogens with zero attached hydrogens (tertiary/aromatic N) is 2. The van der Waals surface area contributed by atoms with Crippen LogP contribution in [0.4, 0.5) is 4.79 Å². The molecule has 3 rings (SSSR count). The Labute approximate surface area is 149 Å². The quantitative estimate of drug-likeness (QED) is 0.851. The maximum atomic E-state index is 12.1. The van der Waals surface area contributed by atoms with Gasteiger partial charge in [0.05, 0.1) is 0 Å². The van der Waals surface area contributed by atoms with Gasteiger partial charge in [-0.05, 0) is 29.5 Å². The van der Waals surface area contributed by atoms with Gasteiger partial charge in [-0.15, -0.1) is 0 Å². The van der Waals surface area contributed by atoms with E-state index in [4.69, 9.17) is 0 Å². The van der Waals surface area contributed by atoms with Crippen LogP contribution < -0.4 is 10.6 Å². The topological polar surface area (TPSA) is 57.3 Å². The Balaban J connectivity index is 1.40. The van der Waals surface area contributed by atoms with Gasteiger partial charge in [0.1, 0.15) is 0 Å². The van der Waals surface area contributed by atoms with Gasteiger partial charge in [0.2, 0.25) is 0 Å². The monoisotopic (exact) mass is 338 g/mol. The molecule has 1 aromatic carbocycles. The van der Waals surface area contributed by atoms with Crippen LogP contribution in [0.1, 0.15) is 18.1 Å². The molecule has 1 fully saturated rings. The van der Waals surface area contributed by atoms with Crippen LogP contribution >= 0.6 is 0 Å². The number of hydrogen-bond donors (Lipinski definition) is 2. The molecule has 1 aliphatic heterocycles. The van der Waals surface area contributed by atoms with Crippen LogP contribution in [0, 0.1) is 5.92 Å². The molecule has 0 bridgehead atoms. The first kappa shape index (κ1) is 17.4. The lowest BCUT2D eigenvalue weighted by Crippen LogP contribution is -2.45. The molecule has 1 aromatic heterocycles. The average molecular weight is 338 g/mol. The maximum absolute atomic E-state index is 12.1. The van der Waals surface area contributed by atoms with Crippen LogP contribution in [0.5, 0.6) is 0 Å². The molecule has 5 heteroatoms. The summed E-state index contributed by atoms with van der Waals surface area (Å²) in [7, 11) is 0. The van der Waals surface area contributed by atoms with Gasteiger partial charge in [0.15, 0.2) is 0 Å². The zero-order valence-corrected chi connectivity index (χ0v) is 14.7. The maximum Gasteiger partial charge on any atom is 0.315 e. The molecule has 5 nitrogen and oxygen atoms in total. The van der Waals surface area contributed by atoms with E-state index < -0.39 is 0 Å². The van der Waals surface area contributed by atoms with Gasteiger partial charge in [0, 0.05) is 44.6 Å². The van der Waals surface area contributed by atoms with E-state index in [1.54, 1.807) is 6.20 Å². The molecule has 1 aliphatic rings. The van der Waals surface area contributed by atoms with E-state index in [2.05, 4.69) is 51.7 Å². The molecule has 0 saturated carbocycles. The summed E-state index contributed by atoms with van der Waals surface area (Å²) < 4.78 is 0. The number of urea groups is 1. The molecular formula is C20H26N4O. The predicted octanol–water partition coefficient (Wildman–Crippen LogP) is 2.44.